The van der Waals surface area contributed by atoms with Gasteiger partial charge in [0.1, 0.15) is 0 Å². The van der Waals surface area contributed by atoms with Crippen molar-refractivity contribution in [1.29, 1.82) is 0 Å². The predicted octanol–water partition coefficient (Wildman–Crippen LogP) is 0.770. The van der Waals surface area contributed by atoms with Gasteiger partial charge in [-0.15, -0.1) is 0 Å². The average Bonchev–Trinajstić information content (AvgIpc) is 3.40. The molecule has 2 aliphatic rings. The van der Waals surface area contributed by atoms with Gasteiger partial charge in [0.25, 0.3) is 5.91 Å². The number of aromatic nitrogens is 2. The quantitative estimate of drug-likeness (QED) is 0.819. The summed E-state index contributed by atoms with van der Waals surface area (Å²) in [4.78, 5) is 27.8. The molecule has 1 aromatic rings. The van der Waals surface area contributed by atoms with Crippen LogP contribution in [0.25, 0.3) is 0 Å². The Kier molecular flexibility index (Phi) is 5.54. The fraction of sp³-hybridized carbons (Fsp3) is 0.722. The minimum absolute atomic E-state index is 0.00295. The van der Waals surface area contributed by atoms with Gasteiger partial charge in [-0.1, -0.05) is 0 Å². The van der Waals surface area contributed by atoms with Gasteiger partial charge in [0, 0.05) is 59.1 Å². The molecule has 1 N–H and O–H groups in total. The van der Waals surface area contributed by atoms with Crippen molar-refractivity contribution in [1.82, 2.24) is 19.8 Å². The summed E-state index contributed by atoms with van der Waals surface area (Å²) in [5, 5.41) is 9.40. The maximum Gasteiger partial charge on any atom is 0.257 e. The summed E-state index contributed by atoms with van der Waals surface area (Å²) in [6, 6.07) is 0.241. The number of aliphatic hydroxyl groups is 1. The number of aliphatic hydroxyl groups excluding tert-OH is 1. The first-order valence-corrected chi connectivity index (χ1v) is 9.14. The van der Waals surface area contributed by atoms with Crippen LogP contribution in [-0.4, -0.2) is 83.7 Å². The monoisotopic (exact) mass is 347 g/mol. The number of carbonyl (C=O) groups excluding carboxylic acids is 1. The normalized spacial score (nSPS) is 21.4. The van der Waals surface area contributed by atoms with Gasteiger partial charge in [0.15, 0.2) is 0 Å². The SMILES string of the molecule is Cc1nc(N(C)C)ncc1C(=O)N1CCN(CC2CC2)C(CCO)C1. The molecule has 1 atom stereocenters. The first kappa shape index (κ1) is 18.1. The Morgan fingerprint density at radius 2 is 2.12 bits per heavy atom. The van der Waals surface area contributed by atoms with Crippen LogP contribution in [0.3, 0.4) is 0 Å². The molecule has 0 spiro atoms. The molecule has 2 heterocycles. The molecule has 1 aliphatic heterocycles. The third-order valence-corrected chi connectivity index (χ3v) is 5.14. The zero-order valence-corrected chi connectivity index (χ0v) is 15.5. The molecule has 1 unspecified atom stereocenters. The second-order valence-electron chi connectivity index (χ2n) is 7.42. The summed E-state index contributed by atoms with van der Waals surface area (Å²) < 4.78 is 0. The van der Waals surface area contributed by atoms with Gasteiger partial charge in [0.2, 0.25) is 5.95 Å². The number of nitrogens with zero attached hydrogens (tertiary/aromatic N) is 5. The average molecular weight is 347 g/mol. The number of hydrogen-bond donors (Lipinski definition) is 1. The van der Waals surface area contributed by atoms with Crippen LogP contribution in [-0.2, 0) is 0 Å². The van der Waals surface area contributed by atoms with E-state index in [1.165, 1.54) is 12.8 Å². The van der Waals surface area contributed by atoms with Gasteiger partial charge in [-0.3, -0.25) is 9.69 Å². The van der Waals surface area contributed by atoms with E-state index in [4.69, 9.17) is 0 Å². The van der Waals surface area contributed by atoms with Gasteiger partial charge in [-0.05, 0) is 32.1 Å². The molecule has 2 fully saturated rings. The molecule has 25 heavy (non-hydrogen) atoms. The van der Waals surface area contributed by atoms with Gasteiger partial charge >= 0.3 is 0 Å². The third-order valence-electron chi connectivity index (χ3n) is 5.14. The van der Waals surface area contributed by atoms with Crippen LogP contribution in [0.2, 0.25) is 0 Å². The van der Waals surface area contributed by atoms with E-state index in [1.807, 2.05) is 30.8 Å². The highest BCUT2D eigenvalue weighted by molar-refractivity contribution is 5.95. The standard InChI is InChI=1S/C18H29N5O2/c1-13-16(10-19-18(20-13)21(2)3)17(25)23-8-7-22(11-14-4-5-14)15(12-23)6-9-24/h10,14-15,24H,4-9,11-12H2,1-3H3. The highest BCUT2D eigenvalue weighted by Crippen LogP contribution is 2.31. The number of aryl methyl sites for hydroxylation is 1. The Morgan fingerprint density at radius 1 is 1.36 bits per heavy atom. The summed E-state index contributed by atoms with van der Waals surface area (Å²) in [5.41, 5.74) is 1.28. The number of amides is 1. The molecule has 1 saturated heterocycles. The Balaban J connectivity index is 1.69. The van der Waals surface area contributed by atoms with Crippen molar-refractivity contribution >= 4 is 11.9 Å². The van der Waals surface area contributed by atoms with Gasteiger partial charge in [-0.25, -0.2) is 9.97 Å². The molecule has 7 heteroatoms. The molecule has 7 nitrogen and oxygen atoms in total. The van der Waals surface area contributed by atoms with Crippen molar-refractivity contribution < 1.29 is 9.90 Å². The lowest BCUT2D eigenvalue weighted by molar-refractivity contribution is 0.0406. The van der Waals surface area contributed by atoms with Crippen molar-refractivity contribution in [2.24, 2.45) is 5.92 Å². The summed E-state index contributed by atoms with van der Waals surface area (Å²) in [5.74, 6) is 1.43. The molecule has 0 aromatic carbocycles. The van der Waals surface area contributed by atoms with Crippen LogP contribution < -0.4 is 4.90 Å². The van der Waals surface area contributed by atoms with Crippen LogP contribution in [0.5, 0.6) is 0 Å². The third kappa shape index (κ3) is 4.27. The van der Waals surface area contributed by atoms with E-state index < -0.39 is 0 Å². The maximum absolute atomic E-state index is 12.9. The lowest BCUT2D eigenvalue weighted by Gasteiger charge is -2.41. The Labute approximate surface area is 149 Å². The smallest absolute Gasteiger partial charge is 0.257 e. The first-order valence-electron chi connectivity index (χ1n) is 9.14. The zero-order valence-electron chi connectivity index (χ0n) is 15.5. The van der Waals surface area contributed by atoms with E-state index in [-0.39, 0.29) is 18.6 Å². The Bertz CT molecular complexity index is 617. The van der Waals surface area contributed by atoms with Crippen molar-refractivity contribution in [3.8, 4) is 0 Å². The van der Waals surface area contributed by atoms with Crippen LogP contribution >= 0.6 is 0 Å². The van der Waals surface area contributed by atoms with Crippen LogP contribution in [0, 0.1) is 12.8 Å². The van der Waals surface area contributed by atoms with Gasteiger partial charge in [-0.2, -0.15) is 0 Å². The molecule has 0 radical (unpaired) electrons. The molecule has 1 amide bonds. The second kappa shape index (κ2) is 7.66. The van der Waals surface area contributed by atoms with Crippen LogP contribution in [0.4, 0.5) is 5.95 Å². The minimum Gasteiger partial charge on any atom is -0.396 e. The van der Waals surface area contributed by atoms with E-state index in [9.17, 15) is 9.90 Å². The summed E-state index contributed by atoms with van der Waals surface area (Å²) >= 11 is 0. The number of anilines is 1. The Morgan fingerprint density at radius 3 is 2.72 bits per heavy atom. The van der Waals surface area contributed by atoms with Crippen LogP contribution in [0.15, 0.2) is 6.20 Å². The van der Waals surface area contributed by atoms with Crippen molar-refractivity contribution in [2.45, 2.75) is 32.2 Å². The fourth-order valence-corrected chi connectivity index (χ4v) is 3.42. The van der Waals surface area contributed by atoms with Crippen molar-refractivity contribution in [3.63, 3.8) is 0 Å². The van der Waals surface area contributed by atoms with Gasteiger partial charge < -0.3 is 14.9 Å². The molecular formula is C18H29N5O2. The number of rotatable bonds is 6. The molecule has 1 aromatic heterocycles. The topological polar surface area (TPSA) is 72.8 Å². The van der Waals surface area contributed by atoms with E-state index >= 15 is 0 Å². The number of hydrogen-bond acceptors (Lipinski definition) is 6. The fourth-order valence-electron chi connectivity index (χ4n) is 3.42. The number of carbonyl (C=O) groups is 1. The highest BCUT2D eigenvalue weighted by Gasteiger charge is 2.33. The predicted molar refractivity (Wildman–Crippen MR) is 96.8 cm³/mol. The molecule has 1 saturated carbocycles. The summed E-state index contributed by atoms with van der Waals surface area (Å²) in [7, 11) is 3.77. The highest BCUT2D eigenvalue weighted by atomic mass is 16.3. The lowest BCUT2D eigenvalue weighted by atomic mass is 10.1. The molecular weight excluding hydrogens is 318 g/mol. The Hall–Kier alpha value is -1.73. The molecule has 3 rings (SSSR count). The molecule has 1 aliphatic carbocycles. The van der Waals surface area contributed by atoms with Crippen molar-refractivity contribution in [2.75, 3.05) is 51.8 Å². The maximum atomic E-state index is 12.9. The van der Waals surface area contributed by atoms with Crippen molar-refractivity contribution in [3.05, 3.63) is 17.5 Å². The molecule has 0 bridgehead atoms. The van der Waals surface area contributed by atoms with E-state index in [0.29, 0.717) is 30.2 Å². The van der Waals surface area contributed by atoms with E-state index in [0.717, 1.165) is 25.6 Å². The van der Waals surface area contributed by atoms with Crippen LogP contribution in [0.1, 0.15) is 35.3 Å². The lowest BCUT2D eigenvalue weighted by Crippen LogP contribution is -2.55. The molecule has 138 valence electrons. The van der Waals surface area contributed by atoms with E-state index in [2.05, 4.69) is 14.9 Å². The number of piperazine rings is 1. The second-order valence-corrected chi connectivity index (χ2v) is 7.42. The van der Waals surface area contributed by atoms with E-state index in [1.54, 1.807) is 6.20 Å². The van der Waals surface area contributed by atoms with Gasteiger partial charge in [0.05, 0.1) is 11.3 Å². The largest absolute Gasteiger partial charge is 0.396 e. The first-order chi connectivity index (χ1) is 12.0. The zero-order chi connectivity index (χ0) is 18.0. The summed E-state index contributed by atoms with van der Waals surface area (Å²) in [6.45, 7) is 5.39. The summed E-state index contributed by atoms with van der Waals surface area (Å²) in [6.07, 6.45) is 4.99. The minimum atomic E-state index is -0.00295.